The first kappa shape index (κ1) is 12.1. The Morgan fingerprint density at radius 3 is 2.65 bits per heavy atom. The molecule has 1 fully saturated rings. The van der Waals surface area contributed by atoms with Gasteiger partial charge in [-0.1, -0.05) is 0 Å². The van der Waals surface area contributed by atoms with Gasteiger partial charge in [-0.3, -0.25) is 14.3 Å². The van der Waals surface area contributed by atoms with Gasteiger partial charge in [0.1, 0.15) is 0 Å². The lowest BCUT2D eigenvalue weighted by atomic mass is 9.95. The lowest BCUT2D eigenvalue weighted by Crippen LogP contribution is -2.35. The normalized spacial score (nSPS) is 28.5. The fraction of sp³-hybridized carbons (Fsp3) is 0.636. The first-order valence-electron chi connectivity index (χ1n) is 5.70. The number of hydrogen-bond donors (Lipinski definition) is 3. The number of nitrogens with one attached hydrogen (secondary N) is 1. The van der Waals surface area contributed by atoms with Crippen molar-refractivity contribution in [2.75, 3.05) is 13.2 Å². The minimum atomic E-state index is -0.459. The van der Waals surface area contributed by atoms with Crippen molar-refractivity contribution >= 4 is 0 Å². The van der Waals surface area contributed by atoms with Crippen LogP contribution in [0.4, 0.5) is 0 Å². The molecule has 94 valence electrons. The van der Waals surface area contributed by atoms with Crippen molar-refractivity contribution in [3.05, 3.63) is 33.1 Å². The molecule has 0 bridgehead atoms. The van der Waals surface area contributed by atoms with E-state index in [0.29, 0.717) is 0 Å². The Bertz CT molecular complexity index is 493. The molecule has 6 heteroatoms. The molecular weight excluding hydrogens is 224 g/mol. The minimum absolute atomic E-state index is 0.0137. The Hall–Kier alpha value is -1.40. The van der Waals surface area contributed by atoms with E-state index < -0.39 is 11.2 Å². The van der Waals surface area contributed by atoms with Crippen LogP contribution in [0.2, 0.25) is 0 Å². The molecule has 6 nitrogen and oxygen atoms in total. The van der Waals surface area contributed by atoms with Gasteiger partial charge in [0.05, 0.1) is 0 Å². The predicted octanol–water partition coefficient (Wildman–Crippen LogP) is -0.912. The smallest absolute Gasteiger partial charge is 0.328 e. The van der Waals surface area contributed by atoms with Crippen LogP contribution in [0.15, 0.2) is 21.9 Å². The Morgan fingerprint density at radius 2 is 2.06 bits per heavy atom. The van der Waals surface area contributed by atoms with Gasteiger partial charge in [-0.25, -0.2) is 4.79 Å². The second-order valence-corrected chi connectivity index (χ2v) is 4.45. The summed E-state index contributed by atoms with van der Waals surface area (Å²) in [5, 5.41) is 18.5. The SMILES string of the molecule is O=c1ccn(C2CCC(CO)C2CO)c(=O)[nH]1. The number of rotatable bonds is 3. The van der Waals surface area contributed by atoms with E-state index in [2.05, 4.69) is 4.98 Å². The molecule has 0 aromatic carbocycles. The Balaban J connectivity index is 2.34. The third-order valence-corrected chi connectivity index (χ3v) is 3.59. The summed E-state index contributed by atoms with van der Waals surface area (Å²) >= 11 is 0. The molecule has 0 aliphatic heterocycles. The molecule has 1 aromatic heterocycles. The fourth-order valence-corrected chi connectivity index (χ4v) is 2.66. The second-order valence-electron chi connectivity index (χ2n) is 4.45. The molecule has 1 aromatic rings. The zero-order valence-electron chi connectivity index (χ0n) is 9.37. The molecule has 1 heterocycles. The quantitative estimate of drug-likeness (QED) is 0.637. The molecule has 3 unspecified atom stereocenters. The van der Waals surface area contributed by atoms with Crippen LogP contribution in [0.5, 0.6) is 0 Å². The first-order valence-corrected chi connectivity index (χ1v) is 5.70. The van der Waals surface area contributed by atoms with Gasteiger partial charge in [-0.05, 0) is 18.8 Å². The van der Waals surface area contributed by atoms with Crippen LogP contribution >= 0.6 is 0 Å². The van der Waals surface area contributed by atoms with E-state index >= 15 is 0 Å². The van der Waals surface area contributed by atoms with Gasteiger partial charge in [-0.2, -0.15) is 0 Å². The predicted molar refractivity (Wildman–Crippen MR) is 60.7 cm³/mol. The summed E-state index contributed by atoms with van der Waals surface area (Å²) in [5.41, 5.74) is -0.886. The molecule has 0 radical (unpaired) electrons. The van der Waals surface area contributed by atoms with E-state index in [4.69, 9.17) is 0 Å². The third kappa shape index (κ3) is 2.18. The Labute approximate surface area is 97.5 Å². The maximum absolute atomic E-state index is 11.6. The van der Waals surface area contributed by atoms with Crippen LogP contribution in [-0.2, 0) is 0 Å². The van der Waals surface area contributed by atoms with E-state index in [-0.39, 0.29) is 31.1 Å². The van der Waals surface area contributed by atoms with Gasteiger partial charge < -0.3 is 10.2 Å². The van der Waals surface area contributed by atoms with E-state index in [0.717, 1.165) is 12.8 Å². The lowest BCUT2D eigenvalue weighted by molar-refractivity contribution is 0.119. The summed E-state index contributed by atoms with van der Waals surface area (Å²) in [7, 11) is 0. The maximum Gasteiger partial charge on any atom is 0.328 e. The molecule has 1 aliphatic rings. The standard InChI is InChI=1S/C11H16N2O4/c14-5-7-1-2-9(8(7)6-15)13-4-3-10(16)12-11(13)17/h3-4,7-9,14-15H,1-2,5-6H2,(H,12,16,17). The van der Waals surface area contributed by atoms with Gasteiger partial charge in [0.2, 0.25) is 0 Å². The molecule has 17 heavy (non-hydrogen) atoms. The second kappa shape index (κ2) is 4.85. The van der Waals surface area contributed by atoms with Crippen molar-refractivity contribution in [3.63, 3.8) is 0 Å². The zero-order valence-corrected chi connectivity index (χ0v) is 9.37. The van der Waals surface area contributed by atoms with Crippen LogP contribution in [-0.4, -0.2) is 33.0 Å². The Morgan fingerprint density at radius 1 is 1.29 bits per heavy atom. The number of aliphatic hydroxyl groups is 2. The molecule has 3 atom stereocenters. The number of aliphatic hydroxyl groups excluding tert-OH is 2. The van der Waals surface area contributed by atoms with Crippen LogP contribution in [0.25, 0.3) is 0 Å². The summed E-state index contributed by atoms with van der Waals surface area (Å²) in [4.78, 5) is 24.8. The monoisotopic (exact) mass is 240 g/mol. The van der Waals surface area contributed by atoms with Crippen molar-refractivity contribution in [2.24, 2.45) is 11.8 Å². The molecule has 2 rings (SSSR count). The number of H-pyrrole nitrogens is 1. The number of aromatic nitrogens is 2. The van der Waals surface area contributed by atoms with Gasteiger partial charge in [0, 0.05) is 37.4 Å². The summed E-state index contributed by atoms with van der Waals surface area (Å²) in [6.07, 6.45) is 2.95. The van der Waals surface area contributed by atoms with Gasteiger partial charge in [0.15, 0.2) is 0 Å². The summed E-state index contributed by atoms with van der Waals surface area (Å²) < 4.78 is 1.44. The lowest BCUT2D eigenvalue weighted by Gasteiger charge is -2.23. The largest absolute Gasteiger partial charge is 0.396 e. The minimum Gasteiger partial charge on any atom is -0.396 e. The molecule has 0 amide bonds. The third-order valence-electron chi connectivity index (χ3n) is 3.59. The van der Waals surface area contributed by atoms with E-state index in [9.17, 15) is 19.8 Å². The van der Waals surface area contributed by atoms with Crippen molar-refractivity contribution in [1.29, 1.82) is 0 Å². The molecule has 0 spiro atoms. The van der Waals surface area contributed by atoms with Gasteiger partial charge in [0.25, 0.3) is 5.56 Å². The average molecular weight is 240 g/mol. The topological polar surface area (TPSA) is 95.3 Å². The maximum atomic E-state index is 11.6. The summed E-state index contributed by atoms with van der Waals surface area (Å²) in [6, 6.07) is 1.14. The van der Waals surface area contributed by atoms with E-state index in [1.165, 1.54) is 16.8 Å². The van der Waals surface area contributed by atoms with E-state index in [1.54, 1.807) is 0 Å². The van der Waals surface area contributed by atoms with Gasteiger partial charge in [-0.15, -0.1) is 0 Å². The number of hydrogen-bond acceptors (Lipinski definition) is 4. The summed E-state index contributed by atoms with van der Waals surface area (Å²) in [6.45, 7) is -0.0543. The van der Waals surface area contributed by atoms with Crippen molar-refractivity contribution in [2.45, 2.75) is 18.9 Å². The number of nitrogens with zero attached hydrogens (tertiary/aromatic N) is 1. The summed E-state index contributed by atoms with van der Waals surface area (Å²) in [5.74, 6) is -0.118. The van der Waals surface area contributed by atoms with Crippen LogP contribution < -0.4 is 11.2 Å². The molecular formula is C11H16N2O4. The number of aromatic amines is 1. The zero-order chi connectivity index (χ0) is 12.4. The van der Waals surface area contributed by atoms with Crippen LogP contribution in [0, 0.1) is 11.8 Å². The van der Waals surface area contributed by atoms with Crippen molar-refractivity contribution in [3.8, 4) is 0 Å². The highest BCUT2D eigenvalue weighted by molar-refractivity contribution is 4.93. The molecule has 3 N–H and O–H groups in total. The van der Waals surface area contributed by atoms with E-state index in [1.807, 2.05) is 0 Å². The highest BCUT2D eigenvalue weighted by atomic mass is 16.3. The van der Waals surface area contributed by atoms with Crippen molar-refractivity contribution < 1.29 is 10.2 Å². The Kier molecular flexibility index (Phi) is 3.44. The van der Waals surface area contributed by atoms with Gasteiger partial charge >= 0.3 is 5.69 Å². The average Bonchev–Trinajstić information content (AvgIpc) is 2.71. The molecule has 1 aliphatic carbocycles. The van der Waals surface area contributed by atoms with Crippen molar-refractivity contribution in [1.82, 2.24) is 9.55 Å². The highest BCUT2D eigenvalue weighted by Crippen LogP contribution is 2.38. The first-order chi connectivity index (χ1) is 8.17. The van der Waals surface area contributed by atoms with Crippen LogP contribution in [0.1, 0.15) is 18.9 Å². The highest BCUT2D eigenvalue weighted by Gasteiger charge is 2.36. The van der Waals surface area contributed by atoms with Crippen LogP contribution in [0.3, 0.4) is 0 Å². The fourth-order valence-electron chi connectivity index (χ4n) is 2.66. The molecule has 0 saturated heterocycles. The molecule has 1 saturated carbocycles.